The van der Waals surface area contributed by atoms with Crippen LogP contribution in [-0.2, 0) is 14.3 Å². The first-order chi connectivity index (χ1) is 17.0. The molecule has 0 radical (unpaired) electrons. The van der Waals surface area contributed by atoms with Crippen molar-refractivity contribution in [1.29, 1.82) is 0 Å². The fourth-order valence-electron chi connectivity index (χ4n) is 4.83. The van der Waals surface area contributed by atoms with Crippen LogP contribution in [0.2, 0.25) is 0 Å². The molecule has 184 valence electrons. The van der Waals surface area contributed by atoms with Gasteiger partial charge < -0.3 is 14.2 Å². The number of hydrogen-bond acceptors (Lipinski definition) is 7. The highest BCUT2D eigenvalue weighted by Crippen LogP contribution is 2.39. The molecule has 3 heterocycles. The summed E-state index contributed by atoms with van der Waals surface area (Å²) in [4.78, 5) is 27.5. The van der Waals surface area contributed by atoms with E-state index < -0.39 is 0 Å². The number of hydrogen-bond donors (Lipinski definition) is 0. The number of halogens is 1. The van der Waals surface area contributed by atoms with Gasteiger partial charge in [-0.05, 0) is 56.6 Å². The lowest BCUT2D eigenvalue weighted by atomic mass is 9.96. The Balaban J connectivity index is 1.34. The van der Waals surface area contributed by atoms with E-state index >= 15 is 0 Å². The number of ether oxygens (including phenoxy) is 3. The summed E-state index contributed by atoms with van der Waals surface area (Å²) in [6.07, 6.45) is 1.69. The maximum Gasteiger partial charge on any atom is 0.309 e. The molecule has 2 aromatic rings. The molecule has 1 unspecified atom stereocenters. The summed E-state index contributed by atoms with van der Waals surface area (Å²) in [6, 6.07) is 11.7. The third-order valence-corrected chi connectivity index (χ3v) is 6.70. The second-order valence-electron chi connectivity index (χ2n) is 8.90. The van der Waals surface area contributed by atoms with Crippen molar-refractivity contribution >= 4 is 17.6 Å². The van der Waals surface area contributed by atoms with E-state index in [1.165, 1.54) is 11.1 Å². The minimum atomic E-state index is -0.385. The van der Waals surface area contributed by atoms with Gasteiger partial charge in [-0.15, -0.1) is 0 Å². The van der Waals surface area contributed by atoms with Gasteiger partial charge in [0, 0.05) is 12.0 Å². The second-order valence-corrected chi connectivity index (χ2v) is 8.90. The number of carbonyl (C=O) groups is 2. The van der Waals surface area contributed by atoms with Crippen molar-refractivity contribution in [3.8, 4) is 11.5 Å². The standard InChI is InChI=1S/C26H28FN3O5/c1-2-33-26(32)17-9-11-29(12-10-17)15-25(31)30-22(18-7-8-23-24(13-18)35-16-34-23)14-21(28-30)19-5-3-4-6-20(19)27/h3-8,13,17,22H,2,9-12,14-16H2,1H3. The van der Waals surface area contributed by atoms with Gasteiger partial charge in [-0.2, -0.15) is 5.10 Å². The molecule has 0 aromatic heterocycles. The molecular formula is C26H28FN3O5. The number of fused-ring (bicyclic) bond motifs is 1. The van der Waals surface area contributed by atoms with Crippen LogP contribution in [0.25, 0.3) is 0 Å². The zero-order valence-corrected chi connectivity index (χ0v) is 19.6. The SMILES string of the molecule is CCOC(=O)C1CCN(CC(=O)N2N=C(c3ccccc3F)CC2c2ccc3c(c2)OCO3)CC1. The molecule has 35 heavy (non-hydrogen) atoms. The molecule has 1 amide bonds. The Bertz CT molecular complexity index is 1150. The second kappa shape index (κ2) is 10.0. The Hall–Kier alpha value is -3.46. The quantitative estimate of drug-likeness (QED) is 0.588. The molecule has 3 aliphatic rings. The fraction of sp³-hybridized carbons (Fsp3) is 0.423. The lowest BCUT2D eigenvalue weighted by Crippen LogP contribution is -2.43. The van der Waals surface area contributed by atoms with Gasteiger partial charge >= 0.3 is 5.97 Å². The Kier molecular flexibility index (Phi) is 6.68. The Morgan fingerprint density at radius 3 is 2.66 bits per heavy atom. The topological polar surface area (TPSA) is 80.7 Å². The number of amides is 1. The van der Waals surface area contributed by atoms with Crippen molar-refractivity contribution in [3.63, 3.8) is 0 Å². The van der Waals surface area contributed by atoms with E-state index in [9.17, 15) is 14.0 Å². The Labute approximate surface area is 203 Å². The van der Waals surface area contributed by atoms with Gasteiger partial charge in [0.2, 0.25) is 6.79 Å². The zero-order chi connectivity index (χ0) is 24.4. The van der Waals surface area contributed by atoms with Crippen LogP contribution in [0.15, 0.2) is 47.6 Å². The maximum atomic E-state index is 14.5. The van der Waals surface area contributed by atoms with Crippen molar-refractivity contribution in [2.45, 2.75) is 32.2 Å². The zero-order valence-electron chi connectivity index (χ0n) is 19.6. The molecule has 1 saturated heterocycles. The highest BCUT2D eigenvalue weighted by Gasteiger charge is 2.36. The summed E-state index contributed by atoms with van der Waals surface area (Å²) in [6.45, 7) is 3.75. The summed E-state index contributed by atoms with van der Waals surface area (Å²) in [5.41, 5.74) is 1.77. The van der Waals surface area contributed by atoms with Gasteiger partial charge in [-0.3, -0.25) is 14.5 Å². The highest BCUT2D eigenvalue weighted by atomic mass is 19.1. The molecule has 1 atom stereocenters. The third-order valence-electron chi connectivity index (χ3n) is 6.70. The summed E-state index contributed by atoms with van der Waals surface area (Å²) in [7, 11) is 0. The van der Waals surface area contributed by atoms with Crippen LogP contribution < -0.4 is 9.47 Å². The van der Waals surface area contributed by atoms with E-state index in [1.807, 2.05) is 23.1 Å². The molecule has 0 saturated carbocycles. The van der Waals surface area contributed by atoms with Crippen LogP contribution in [0.5, 0.6) is 11.5 Å². The molecule has 2 aromatic carbocycles. The lowest BCUT2D eigenvalue weighted by Gasteiger charge is -2.32. The number of likely N-dealkylation sites (tertiary alicyclic amines) is 1. The van der Waals surface area contributed by atoms with Crippen molar-refractivity contribution < 1.29 is 28.2 Å². The van der Waals surface area contributed by atoms with Crippen LogP contribution in [0.3, 0.4) is 0 Å². The van der Waals surface area contributed by atoms with Crippen LogP contribution in [0, 0.1) is 11.7 Å². The molecule has 1 fully saturated rings. The molecule has 0 N–H and O–H groups in total. The van der Waals surface area contributed by atoms with E-state index in [-0.39, 0.29) is 43.0 Å². The average molecular weight is 482 g/mol. The normalized spacial score (nSPS) is 20.1. The molecule has 0 bridgehead atoms. The maximum absolute atomic E-state index is 14.5. The van der Waals surface area contributed by atoms with Crippen LogP contribution in [0.1, 0.15) is 43.4 Å². The minimum absolute atomic E-state index is 0.125. The van der Waals surface area contributed by atoms with Crippen molar-refractivity contribution in [2.24, 2.45) is 11.0 Å². The molecule has 0 spiro atoms. The Morgan fingerprint density at radius 2 is 1.89 bits per heavy atom. The number of benzene rings is 2. The molecule has 5 rings (SSSR count). The smallest absolute Gasteiger partial charge is 0.309 e. The van der Waals surface area contributed by atoms with Gasteiger partial charge in [-0.1, -0.05) is 24.3 Å². The highest BCUT2D eigenvalue weighted by molar-refractivity contribution is 6.03. The third kappa shape index (κ3) is 4.86. The van der Waals surface area contributed by atoms with Crippen LogP contribution in [0.4, 0.5) is 4.39 Å². The van der Waals surface area contributed by atoms with E-state index in [2.05, 4.69) is 5.10 Å². The first kappa shape index (κ1) is 23.3. The monoisotopic (exact) mass is 481 g/mol. The average Bonchev–Trinajstić information content (AvgIpc) is 3.52. The number of rotatable bonds is 6. The van der Waals surface area contributed by atoms with E-state index in [0.29, 0.717) is 61.7 Å². The number of carbonyl (C=O) groups excluding carboxylic acids is 2. The van der Waals surface area contributed by atoms with Gasteiger partial charge in [0.1, 0.15) is 5.82 Å². The molecule has 9 heteroatoms. The predicted octanol–water partition coefficient (Wildman–Crippen LogP) is 3.51. The van der Waals surface area contributed by atoms with Gasteiger partial charge in [0.05, 0.1) is 30.8 Å². The van der Waals surface area contributed by atoms with Crippen molar-refractivity contribution in [2.75, 3.05) is 33.0 Å². The number of esters is 1. The van der Waals surface area contributed by atoms with Crippen molar-refractivity contribution in [3.05, 3.63) is 59.4 Å². The van der Waals surface area contributed by atoms with Gasteiger partial charge in [0.25, 0.3) is 5.91 Å². The number of hydrazone groups is 1. The molecule has 8 nitrogen and oxygen atoms in total. The van der Waals surface area contributed by atoms with Crippen LogP contribution >= 0.6 is 0 Å². The molecular weight excluding hydrogens is 453 g/mol. The summed E-state index contributed by atoms with van der Waals surface area (Å²) < 4.78 is 30.6. The predicted molar refractivity (Wildman–Crippen MR) is 126 cm³/mol. The van der Waals surface area contributed by atoms with E-state index in [4.69, 9.17) is 14.2 Å². The summed E-state index contributed by atoms with van der Waals surface area (Å²) >= 11 is 0. The van der Waals surface area contributed by atoms with Crippen LogP contribution in [-0.4, -0.2) is 60.5 Å². The molecule has 0 aliphatic carbocycles. The van der Waals surface area contributed by atoms with Crippen molar-refractivity contribution in [1.82, 2.24) is 9.91 Å². The first-order valence-electron chi connectivity index (χ1n) is 12.0. The first-order valence-corrected chi connectivity index (χ1v) is 12.0. The van der Waals surface area contributed by atoms with Gasteiger partial charge in [-0.25, -0.2) is 9.40 Å². The van der Waals surface area contributed by atoms with Gasteiger partial charge in [0.15, 0.2) is 11.5 Å². The lowest BCUT2D eigenvalue weighted by molar-refractivity contribution is -0.149. The number of nitrogens with zero attached hydrogens (tertiary/aromatic N) is 3. The fourth-order valence-corrected chi connectivity index (χ4v) is 4.83. The van der Waals surface area contributed by atoms with E-state index in [1.54, 1.807) is 25.1 Å². The Morgan fingerprint density at radius 1 is 1.11 bits per heavy atom. The summed E-state index contributed by atoms with van der Waals surface area (Å²) in [5, 5.41) is 6.06. The minimum Gasteiger partial charge on any atom is -0.466 e. The van der Waals surface area contributed by atoms with E-state index in [0.717, 1.165) is 5.56 Å². The number of piperidine rings is 1. The molecule has 3 aliphatic heterocycles. The summed E-state index contributed by atoms with van der Waals surface area (Å²) in [5.74, 6) is 0.444. The largest absolute Gasteiger partial charge is 0.466 e.